The zero-order chi connectivity index (χ0) is 15.7. The van der Waals surface area contributed by atoms with Crippen LogP contribution in [-0.4, -0.2) is 34.5 Å². The number of rotatable bonds is 0. The molecule has 3 nitrogen and oxygen atoms in total. The van der Waals surface area contributed by atoms with Crippen LogP contribution in [0, 0.1) is 28.6 Å². The zero-order valence-corrected chi connectivity index (χ0v) is 15.1. The number of hydrogen-bond donors (Lipinski definition) is 1. The molecule has 0 radical (unpaired) electrons. The molecule has 0 amide bonds. The molecular weight excluding hydrogens is 344 g/mol. The predicted molar refractivity (Wildman–Crippen MR) is 87.9 cm³/mol. The average Bonchev–Trinajstić information content (AvgIpc) is 2.72. The Morgan fingerprint density at radius 3 is 2.77 bits per heavy atom. The number of fused-ring (bicyclic) bond motifs is 5. The monoisotopic (exact) mass is 370 g/mol. The van der Waals surface area contributed by atoms with Crippen LogP contribution in [0.15, 0.2) is 0 Å². The Morgan fingerprint density at radius 1 is 1.23 bits per heavy atom. The molecule has 1 heterocycles. The fourth-order valence-electron chi connectivity index (χ4n) is 6.20. The molecule has 4 heteroatoms. The van der Waals surface area contributed by atoms with Crippen LogP contribution in [0.1, 0.15) is 52.4 Å². The fourth-order valence-corrected chi connectivity index (χ4v) is 7.12. The van der Waals surface area contributed by atoms with Crippen molar-refractivity contribution in [2.24, 2.45) is 28.6 Å². The van der Waals surface area contributed by atoms with Crippen molar-refractivity contribution in [1.29, 1.82) is 0 Å². The summed E-state index contributed by atoms with van der Waals surface area (Å²) >= 11 is 3.60. The third kappa shape index (κ3) is 1.96. The van der Waals surface area contributed by atoms with E-state index in [0.717, 1.165) is 32.1 Å². The van der Waals surface area contributed by atoms with Crippen molar-refractivity contribution in [1.82, 2.24) is 0 Å². The lowest BCUT2D eigenvalue weighted by molar-refractivity contribution is -0.213. The van der Waals surface area contributed by atoms with E-state index in [0.29, 0.717) is 30.1 Å². The first kappa shape index (κ1) is 15.6. The van der Waals surface area contributed by atoms with E-state index >= 15 is 0 Å². The highest BCUT2D eigenvalue weighted by atomic mass is 79.9. The average molecular weight is 371 g/mol. The summed E-state index contributed by atoms with van der Waals surface area (Å²) in [4.78, 5) is 12.6. The van der Waals surface area contributed by atoms with Gasteiger partial charge in [-0.2, -0.15) is 0 Å². The number of carbonyl (C=O) groups excluding carboxylic acids is 1. The molecule has 1 N–H and O–H groups in total. The maximum Gasteiger partial charge on any atom is 0.154 e. The Morgan fingerprint density at radius 2 is 2.00 bits per heavy atom. The number of aliphatic hydroxyl groups excluding tert-OH is 1. The Bertz CT molecular complexity index is 495. The first-order valence-corrected chi connectivity index (χ1v) is 9.76. The lowest BCUT2D eigenvalue weighted by Crippen LogP contribution is -2.59. The number of carbonyl (C=O) groups is 1. The topological polar surface area (TPSA) is 46.5 Å². The van der Waals surface area contributed by atoms with Crippen molar-refractivity contribution < 1.29 is 14.6 Å². The minimum absolute atomic E-state index is 0.0172. The van der Waals surface area contributed by atoms with Gasteiger partial charge in [-0.15, -0.1) is 0 Å². The van der Waals surface area contributed by atoms with Crippen molar-refractivity contribution in [3.05, 3.63) is 0 Å². The second-order valence-corrected chi connectivity index (χ2v) is 9.80. The lowest BCUT2D eigenvalue weighted by Gasteiger charge is -2.59. The van der Waals surface area contributed by atoms with Gasteiger partial charge in [-0.05, 0) is 61.7 Å². The Balaban J connectivity index is 1.64. The molecule has 8 atom stereocenters. The Labute approximate surface area is 141 Å². The van der Waals surface area contributed by atoms with Gasteiger partial charge in [0.15, 0.2) is 5.78 Å². The van der Waals surface area contributed by atoms with Crippen LogP contribution < -0.4 is 0 Å². The van der Waals surface area contributed by atoms with Crippen LogP contribution in [-0.2, 0) is 9.53 Å². The number of ether oxygens (including phenoxy) is 1. The number of alkyl halides is 1. The van der Waals surface area contributed by atoms with E-state index in [1.807, 2.05) is 0 Å². The molecule has 4 rings (SSSR count). The Kier molecular flexibility index (Phi) is 3.57. The second-order valence-electron chi connectivity index (χ2n) is 8.70. The maximum absolute atomic E-state index is 12.6. The summed E-state index contributed by atoms with van der Waals surface area (Å²) in [6.45, 7) is 5.09. The number of aliphatic hydroxyl groups is 1. The molecule has 0 unspecified atom stereocenters. The smallest absolute Gasteiger partial charge is 0.154 e. The third-order valence-electron chi connectivity index (χ3n) is 7.60. The highest BCUT2D eigenvalue weighted by Gasteiger charge is 2.63. The first-order valence-electron chi connectivity index (χ1n) is 8.84. The van der Waals surface area contributed by atoms with Crippen LogP contribution in [0.5, 0.6) is 0 Å². The molecule has 1 aliphatic heterocycles. The first-order chi connectivity index (χ1) is 10.4. The van der Waals surface area contributed by atoms with Crippen molar-refractivity contribution in [2.75, 3.05) is 6.61 Å². The zero-order valence-electron chi connectivity index (χ0n) is 13.6. The minimum Gasteiger partial charge on any atom is -0.393 e. The van der Waals surface area contributed by atoms with Crippen molar-refractivity contribution in [3.8, 4) is 0 Å². The molecular formula is C18H27BrO3. The van der Waals surface area contributed by atoms with Crippen molar-refractivity contribution in [3.63, 3.8) is 0 Å². The normalized spacial score (nSPS) is 57.9. The van der Waals surface area contributed by atoms with Gasteiger partial charge in [0, 0.05) is 0 Å². The fraction of sp³-hybridized carbons (Fsp3) is 0.944. The van der Waals surface area contributed by atoms with Gasteiger partial charge >= 0.3 is 0 Å². The van der Waals surface area contributed by atoms with Gasteiger partial charge in [-0.3, -0.25) is 4.79 Å². The molecule has 4 fully saturated rings. The van der Waals surface area contributed by atoms with Crippen LogP contribution in [0.2, 0.25) is 0 Å². The summed E-state index contributed by atoms with van der Waals surface area (Å²) < 4.78 is 6.40. The van der Waals surface area contributed by atoms with E-state index in [-0.39, 0.29) is 27.9 Å². The van der Waals surface area contributed by atoms with Crippen LogP contribution >= 0.6 is 15.9 Å². The molecule has 22 heavy (non-hydrogen) atoms. The van der Waals surface area contributed by atoms with Crippen LogP contribution in [0.3, 0.4) is 0 Å². The molecule has 3 saturated carbocycles. The van der Waals surface area contributed by atoms with Crippen LogP contribution in [0.4, 0.5) is 0 Å². The quantitative estimate of drug-likeness (QED) is 0.665. The molecule has 0 aromatic heterocycles. The van der Waals surface area contributed by atoms with Gasteiger partial charge in [0.2, 0.25) is 0 Å². The minimum atomic E-state index is -0.285. The summed E-state index contributed by atoms with van der Waals surface area (Å²) in [6, 6.07) is 0. The molecule has 0 aromatic carbocycles. The lowest BCUT2D eigenvalue weighted by atomic mass is 9.51. The van der Waals surface area contributed by atoms with Gasteiger partial charge in [0.1, 0.15) is 0 Å². The molecule has 0 aromatic rings. The number of ketones is 1. The van der Waals surface area contributed by atoms with Gasteiger partial charge in [-0.1, -0.05) is 29.8 Å². The van der Waals surface area contributed by atoms with Gasteiger partial charge in [-0.25, -0.2) is 0 Å². The largest absolute Gasteiger partial charge is 0.393 e. The molecule has 124 valence electrons. The summed E-state index contributed by atoms with van der Waals surface area (Å²) in [5.41, 5.74) is -0.0936. The van der Waals surface area contributed by atoms with E-state index in [2.05, 4.69) is 29.8 Å². The van der Waals surface area contributed by atoms with E-state index in [9.17, 15) is 9.90 Å². The maximum atomic E-state index is 12.6. The second kappa shape index (κ2) is 5.03. The SMILES string of the molecule is C[C@]12CC[C@H](O)C[C@@H]1CC[C@@H]1[C@@H]2OC[C@]2(C)C(=O)[C@H](Br)C[C@@H]12. The summed E-state index contributed by atoms with van der Waals surface area (Å²) in [5, 5.41) is 10.0. The van der Waals surface area contributed by atoms with E-state index < -0.39 is 0 Å². The summed E-state index contributed by atoms with van der Waals surface area (Å²) in [7, 11) is 0. The Hall–Kier alpha value is 0.0700. The van der Waals surface area contributed by atoms with E-state index in [1.54, 1.807) is 0 Å². The van der Waals surface area contributed by atoms with Crippen LogP contribution in [0.25, 0.3) is 0 Å². The van der Waals surface area contributed by atoms with E-state index in [1.165, 1.54) is 6.42 Å². The van der Waals surface area contributed by atoms with E-state index in [4.69, 9.17) is 4.74 Å². The summed E-state index contributed by atoms with van der Waals surface area (Å²) in [6.07, 6.45) is 6.38. The van der Waals surface area contributed by atoms with Gasteiger partial charge < -0.3 is 9.84 Å². The molecule has 0 bridgehead atoms. The number of halogens is 1. The molecule has 3 aliphatic carbocycles. The number of hydrogen-bond acceptors (Lipinski definition) is 3. The standard InChI is InChI=1S/C18H27BrO3/c1-17-6-5-11(20)7-10(17)3-4-12-13-8-14(19)15(21)18(13,2)9-22-16(12)17/h10-14,16,20H,3-9H2,1-2H3/t10-,11-,12-,13-,14+,16-,17-,18-/m0/s1. The highest BCUT2D eigenvalue weighted by Crippen LogP contribution is 2.61. The molecule has 1 saturated heterocycles. The highest BCUT2D eigenvalue weighted by molar-refractivity contribution is 9.10. The predicted octanol–water partition coefficient (Wildman–Crippen LogP) is 3.32. The van der Waals surface area contributed by atoms with Gasteiger partial charge in [0.25, 0.3) is 0 Å². The van der Waals surface area contributed by atoms with Gasteiger partial charge in [0.05, 0.1) is 29.1 Å². The summed E-state index contributed by atoms with van der Waals surface area (Å²) in [5.74, 6) is 1.91. The third-order valence-corrected chi connectivity index (χ3v) is 8.39. The molecule has 4 aliphatic rings. The number of Topliss-reactive ketones (excluding diaryl/α,β-unsaturated/α-hetero) is 1. The van der Waals surface area contributed by atoms with Crippen molar-refractivity contribution in [2.45, 2.75) is 69.4 Å². The molecule has 0 spiro atoms. The van der Waals surface area contributed by atoms with Crippen molar-refractivity contribution >= 4 is 21.7 Å².